The highest BCUT2D eigenvalue weighted by atomic mass is 35.5. The van der Waals surface area contributed by atoms with E-state index in [-0.39, 0.29) is 17.3 Å². The minimum atomic E-state index is -1.09. The van der Waals surface area contributed by atoms with Crippen LogP contribution in [0.1, 0.15) is 5.56 Å². The van der Waals surface area contributed by atoms with Gasteiger partial charge in [0.15, 0.2) is 0 Å². The molecule has 1 N–H and O–H groups in total. The maximum atomic E-state index is 10.5. The van der Waals surface area contributed by atoms with Crippen molar-refractivity contribution in [2.75, 3.05) is 6.61 Å². The highest BCUT2D eigenvalue weighted by Crippen LogP contribution is 2.25. The van der Waals surface area contributed by atoms with Crippen LogP contribution in [0, 0.1) is 10.1 Å². The molecular weight excluding hydrogens is 238 g/mol. The number of nitrogens with zero attached hydrogens (tertiary/aromatic N) is 1. The smallest absolute Gasteiger partial charge is 0.329 e. The normalized spacial score (nSPS) is 10.1. The second kappa shape index (κ2) is 5.43. The first kappa shape index (κ1) is 12.4. The van der Waals surface area contributed by atoms with E-state index in [2.05, 4.69) is 0 Å². The van der Waals surface area contributed by atoms with Gasteiger partial charge in [-0.2, -0.15) is 0 Å². The Morgan fingerprint density at radius 1 is 1.56 bits per heavy atom. The van der Waals surface area contributed by atoms with E-state index in [9.17, 15) is 14.9 Å². The predicted molar refractivity (Wildman–Crippen MR) is 55.4 cm³/mol. The molecule has 1 rings (SSSR count). The third-order valence-electron chi connectivity index (χ3n) is 1.70. The van der Waals surface area contributed by atoms with Crippen LogP contribution in [-0.2, 0) is 16.1 Å². The lowest BCUT2D eigenvalue weighted by atomic mass is 10.2. The summed E-state index contributed by atoms with van der Waals surface area (Å²) in [6, 6.07) is 4.17. The van der Waals surface area contributed by atoms with Crippen LogP contribution in [0.15, 0.2) is 18.2 Å². The van der Waals surface area contributed by atoms with Crippen molar-refractivity contribution in [3.8, 4) is 0 Å². The maximum Gasteiger partial charge on any atom is 0.329 e. The van der Waals surface area contributed by atoms with Crippen molar-refractivity contribution in [2.24, 2.45) is 0 Å². The van der Waals surface area contributed by atoms with Crippen molar-refractivity contribution in [2.45, 2.75) is 6.61 Å². The highest BCUT2D eigenvalue weighted by Gasteiger charge is 2.12. The maximum absolute atomic E-state index is 10.5. The van der Waals surface area contributed by atoms with Gasteiger partial charge in [-0.25, -0.2) is 4.79 Å². The standard InChI is InChI=1S/C9H8ClNO5/c10-7-2-1-6(3-8(7)11(14)15)4-16-5-9(12)13/h1-3H,4-5H2,(H,12,13). The molecule has 0 saturated carbocycles. The molecule has 0 bridgehead atoms. The van der Waals surface area contributed by atoms with Crippen molar-refractivity contribution in [1.29, 1.82) is 0 Å². The summed E-state index contributed by atoms with van der Waals surface area (Å²) in [5.74, 6) is -1.09. The van der Waals surface area contributed by atoms with Gasteiger partial charge in [-0.1, -0.05) is 17.7 Å². The van der Waals surface area contributed by atoms with Crippen LogP contribution in [0.5, 0.6) is 0 Å². The van der Waals surface area contributed by atoms with Crippen LogP contribution in [0.4, 0.5) is 5.69 Å². The molecule has 0 radical (unpaired) electrons. The van der Waals surface area contributed by atoms with Gasteiger partial charge in [-0.15, -0.1) is 0 Å². The molecule has 7 heteroatoms. The number of rotatable bonds is 5. The van der Waals surface area contributed by atoms with Crippen molar-refractivity contribution >= 4 is 23.3 Å². The lowest BCUT2D eigenvalue weighted by molar-refractivity contribution is -0.384. The van der Waals surface area contributed by atoms with Crippen molar-refractivity contribution in [3.05, 3.63) is 38.9 Å². The number of aliphatic carboxylic acids is 1. The van der Waals surface area contributed by atoms with Crippen LogP contribution in [0.2, 0.25) is 5.02 Å². The van der Waals surface area contributed by atoms with Gasteiger partial charge in [0.05, 0.1) is 11.5 Å². The second-order valence-corrected chi connectivity index (χ2v) is 3.34. The van der Waals surface area contributed by atoms with E-state index in [0.717, 1.165) is 0 Å². The Morgan fingerprint density at radius 2 is 2.25 bits per heavy atom. The summed E-state index contributed by atoms with van der Waals surface area (Å²) in [4.78, 5) is 20.1. The number of nitro groups is 1. The number of carbonyl (C=O) groups is 1. The first-order chi connectivity index (χ1) is 7.50. The first-order valence-electron chi connectivity index (χ1n) is 4.23. The third kappa shape index (κ3) is 3.48. The SMILES string of the molecule is O=C(O)COCc1ccc(Cl)c([N+](=O)[O-])c1. The molecule has 0 aromatic heterocycles. The molecule has 0 atom stereocenters. The summed E-state index contributed by atoms with van der Waals surface area (Å²) in [5.41, 5.74) is 0.274. The largest absolute Gasteiger partial charge is 0.480 e. The van der Waals surface area contributed by atoms with E-state index in [1.165, 1.54) is 18.2 Å². The van der Waals surface area contributed by atoms with Gasteiger partial charge >= 0.3 is 5.97 Å². The number of hydrogen-bond donors (Lipinski definition) is 1. The van der Waals surface area contributed by atoms with E-state index in [1.54, 1.807) is 0 Å². The van der Waals surface area contributed by atoms with E-state index >= 15 is 0 Å². The molecule has 0 spiro atoms. The number of carboxylic acid groups (broad SMARTS) is 1. The average molecular weight is 246 g/mol. The molecule has 0 heterocycles. The lowest BCUT2D eigenvalue weighted by Crippen LogP contribution is -2.06. The van der Waals surface area contributed by atoms with Crippen LogP contribution in [0.25, 0.3) is 0 Å². The summed E-state index contributed by atoms with van der Waals surface area (Å²) in [6.45, 7) is -0.458. The zero-order valence-corrected chi connectivity index (χ0v) is 8.81. The van der Waals surface area contributed by atoms with Crippen molar-refractivity contribution < 1.29 is 19.6 Å². The van der Waals surface area contributed by atoms with Crippen LogP contribution in [0.3, 0.4) is 0 Å². The lowest BCUT2D eigenvalue weighted by Gasteiger charge is -2.02. The Kier molecular flexibility index (Phi) is 4.21. The highest BCUT2D eigenvalue weighted by molar-refractivity contribution is 6.32. The van der Waals surface area contributed by atoms with Gasteiger partial charge in [0.1, 0.15) is 11.6 Å². The Bertz CT molecular complexity index is 420. The number of nitro benzene ring substituents is 1. The van der Waals surface area contributed by atoms with Crippen LogP contribution < -0.4 is 0 Å². The molecule has 0 amide bonds. The second-order valence-electron chi connectivity index (χ2n) is 2.93. The van der Waals surface area contributed by atoms with Crippen LogP contribution in [-0.4, -0.2) is 22.6 Å². The summed E-state index contributed by atoms with van der Waals surface area (Å²) < 4.78 is 4.79. The predicted octanol–water partition coefficient (Wildman–Crippen LogP) is 1.85. The van der Waals surface area contributed by atoms with E-state index in [0.29, 0.717) is 5.56 Å². The fourth-order valence-corrected chi connectivity index (χ4v) is 1.23. The zero-order chi connectivity index (χ0) is 12.1. The van der Waals surface area contributed by atoms with Gasteiger partial charge in [0.2, 0.25) is 0 Å². The molecule has 86 valence electrons. The molecule has 1 aromatic carbocycles. The molecule has 0 aliphatic rings. The molecule has 0 unspecified atom stereocenters. The summed E-state index contributed by atoms with van der Waals surface area (Å²) in [6.07, 6.45) is 0. The fraction of sp³-hybridized carbons (Fsp3) is 0.222. The monoisotopic (exact) mass is 245 g/mol. The molecule has 0 saturated heterocycles. The van der Waals surface area contributed by atoms with Gasteiger partial charge < -0.3 is 9.84 Å². The zero-order valence-electron chi connectivity index (χ0n) is 8.05. The molecular formula is C9H8ClNO5. The average Bonchev–Trinajstić information content (AvgIpc) is 2.19. The Morgan fingerprint density at radius 3 is 2.81 bits per heavy atom. The number of hydrogen-bond acceptors (Lipinski definition) is 4. The van der Waals surface area contributed by atoms with Gasteiger partial charge in [0, 0.05) is 6.07 Å². The fourth-order valence-electron chi connectivity index (χ4n) is 1.04. The number of benzene rings is 1. The minimum absolute atomic E-state index is 0.00961. The molecule has 6 nitrogen and oxygen atoms in total. The van der Waals surface area contributed by atoms with E-state index in [1.807, 2.05) is 0 Å². The summed E-state index contributed by atoms with van der Waals surface area (Å²) in [7, 11) is 0. The number of ether oxygens (including phenoxy) is 1. The molecule has 0 fully saturated rings. The summed E-state index contributed by atoms with van der Waals surface area (Å²) >= 11 is 5.60. The Balaban J connectivity index is 2.71. The van der Waals surface area contributed by atoms with Crippen molar-refractivity contribution in [1.82, 2.24) is 0 Å². The molecule has 1 aromatic rings. The van der Waals surface area contributed by atoms with Crippen molar-refractivity contribution in [3.63, 3.8) is 0 Å². The van der Waals surface area contributed by atoms with Gasteiger partial charge in [0.25, 0.3) is 5.69 Å². The van der Waals surface area contributed by atoms with E-state index < -0.39 is 17.5 Å². The number of carboxylic acids is 1. The molecule has 16 heavy (non-hydrogen) atoms. The van der Waals surface area contributed by atoms with Gasteiger partial charge in [-0.3, -0.25) is 10.1 Å². The molecule has 0 aliphatic heterocycles. The Labute approximate surface area is 95.6 Å². The van der Waals surface area contributed by atoms with Crippen LogP contribution >= 0.6 is 11.6 Å². The number of halogens is 1. The third-order valence-corrected chi connectivity index (χ3v) is 2.02. The summed E-state index contributed by atoms with van der Waals surface area (Å²) in [5, 5.41) is 18.9. The molecule has 0 aliphatic carbocycles. The minimum Gasteiger partial charge on any atom is -0.480 e. The Hall–Kier alpha value is -1.66. The topological polar surface area (TPSA) is 89.7 Å². The quantitative estimate of drug-likeness (QED) is 0.632. The van der Waals surface area contributed by atoms with E-state index in [4.69, 9.17) is 21.4 Å². The van der Waals surface area contributed by atoms with Gasteiger partial charge in [-0.05, 0) is 11.6 Å². The first-order valence-corrected chi connectivity index (χ1v) is 4.61.